The maximum Gasteiger partial charge on any atom is 0.322 e. The van der Waals surface area contributed by atoms with Gasteiger partial charge in [-0.25, -0.2) is 4.79 Å². The number of rotatable bonds is 2. The van der Waals surface area contributed by atoms with Gasteiger partial charge in [-0.1, -0.05) is 12.1 Å². The Morgan fingerprint density at radius 1 is 1.12 bits per heavy atom. The summed E-state index contributed by atoms with van der Waals surface area (Å²) >= 11 is 0. The number of hydrogen-bond acceptors (Lipinski definition) is 2. The van der Waals surface area contributed by atoms with Gasteiger partial charge in [-0.15, -0.1) is 0 Å². The lowest BCUT2D eigenvalue weighted by atomic mass is 10.0. The molecule has 3 aromatic rings. The molecule has 25 heavy (non-hydrogen) atoms. The number of nitrogens with zero attached hydrogens (tertiary/aromatic N) is 3. The van der Waals surface area contributed by atoms with Crippen molar-refractivity contribution < 1.29 is 4.79 Å². The molecule has 0 aliphatic carbocycles. The van der Waals surface area contributed by atoms with Gasteiger partial charge in [-0.05, 0) is 54.4 Å². The van der Waals surface area contributed by atoms with Crippen molar-refractivity contribution in [3.8, 4) is 0 Å². The zero-order chi connectivity index (χ0) is 17.2. The molecule has 0 fully saturated rings. The Balaban J connectivity index is 1.66. The zero-order valence-corrected chi connectivity index (χ0v) is 14.1. The van der Waals surface area contributed by atoms with E-state index in [1.165, 1.54) is 0 Å². The van der Waals surface area contributed by atoms with Gasteiger partial charge in [0.05, 0.1) is 6.04 Å². The van der Waals surface area contributed by atoms with Crippen molar-refractivity contribution in [1.82, 2.24) is 14.5 Å². The highest BCUT2D eigenvalue weighted by Crippen LogP contribution is 2.32. The lowest BCUT2D eigenvalue weighted by Crippen LogP contribution is -2.44. The van der Waals surface area contributed by atoms with Crippen LogP contribution in [0.3, 0.4) is 0 Å². The fourth-order valence-electron chi connectivity index (χ4n) is 3.42. The number of hydrogen-bond donors (Lipinski definition) is 1. The fraction of sp³-hybridized carbons (Fsp3) is 0.200. The minimum absolute atomic E-state index is 0.0835. The maximum atomic E-state index is 13.0. The van der Waals surface area contributed by atoms with Gasteiger partial charge in [0.25, 0.3) is 0 Å². The third-order valence-electron chi connectivity index (χ3n) is 4.59. The monoisotopic (exact) mass is 332 g/mol. The van der Waals surface area contributed by atoms with Crippen LogP contribution in [0.4, 0.5) is 10.5 Å². The maximum absolute atomic E-state index is 13.0. The first-order valence-electron chi connectivity index (χ1n) is 8.41. The SMILES string of the molecule is Cc1cccc(NC(=O)N2CCn3cccc3[C@@H]2c2ccncc2)c1. The quantitative estimate of drug-likeness (QED) is 0.775. The molecular weight excluding hydrogens is 312 g/mol. The van der Waals surface area contributed by atoms with Gasteiger partial charge in [0.15, 0.2) is 0 Å². The number of aromatic nitrogens is 2. The summed E-state index contributed by atoms with van der Waals surface area (Å²) in [6, 6.07) is 15.7. The van der Waals surface area contributed by atoms with Gasteiger partial charge in [-0.3, -0.25) is 4.98 Å². The molecule has 126 valence electrons. The van der Waals surface area contributed by atoms with Gasteiger partial charge in [0, 0.05) is 43.1 Å². The standard InChI is InChI=1S/C20H20N4O/c1-15-4-2-5-17(14-15)22-20(25)24-13-12-23-11-3-6-18(23)19(24)16-7-9-21-10-8-16/h2-11,14,19H,12-13H2,1H3,(H,22,25)/t19-/m0/s1. The Morgan fingerprint density at radius 3 is 2.76 bits per heavy atom. The number of amides is 2. The molecule has 5 heteroatoms. The smallest absolute Gasteiger partial charge is 0.322 e. The molecule has 1 aliphatic rings. The normalized spacial score (nSPS) is 16.4. The van der Waals surface area contributed by atoms with E-state index in [9.17, 15) is 4.79 Å². The van der Waals surface area contributed by atoms with Crippen LogP contribution in [0, 0.1) is 6.92 Å². The van der Waals surface area contributed by atoms with E-state index in [1.807, 2.05) is 54.3 Å². The Labute approximate surface area is 146 Å². The largest absolute Gasteiger partial charge is 0.348 e. The summed E-state index contributed by atoms with van der Waals surface area (Å²) in [6.45, 7) is 3.47. The van der Waals surface area contributed by atoms with Crippen molar-refractivity contribution in [2.24, 2.45) is 0 Å². The van der Waals surface area contributed by atoms with Gasteiger partial charge < -0.3 is 14.8 Å². The van der Waals surface area contributed by atoms with E-state index in [1.54, 1.807) is 12.4 Å². The van der Waals surface area contributed by atoms with Crippen LogP contribution in [0.15, 0.2) is 67.1 Å². The summed E-state index contributed by atoms with van der Waals surface area (Å²) in [5, 5.41) is 3.04. The minimum atomic E-state index is -0.114. The summed E-state index contributed by atoms with van der Waals surface area (Å²) in [5.74, 6) is 0. The number of pyridine rings is 1. The molecule has 1 aromatic carbocycles. The van der Waals surface area contributed by atoms with Crippen molar-refractivity contribution in [2.75, 3.05) is 11.9 Å². The highest BCUT2D eigenvalue weighted by molar-refractivity contribution is 5.90. The number of aryl methyl sites for hydroxylation is 1. The summed E-state index contributed by atoms with van der Waals surface area (Å²) < 4.78 is 2.21. The summed E-state index contributed by atoms with van der Waals surface area (Å²) in [4.78, 5) is 19.0. The van der Waals surface area contributed by atoms with E-state index in [2.05, 4.69) is 27.1 Å². The number of carbonyl (C=O) groups is 1. The number of nitrogens with one attached hydrogen (secondary N) is 1. The molecule has 5 nitrogen and oxygen atoms in total. The van der Waals surface area contributed by atoms with Gasteiger partial charge in [0.1, 0.15) is 0 Å². The molecule has 2 aromatic heterocycles. The Kier molecular flexibility index (Phi) is 3.98. The number of carbonyl (C=O) groups excluding carboxylic acids is 1. The van der Waals surface area contributed by atoms with Gasteiger partial charge in [-0.2, -0.15) is 0 Å². The molecule has 1 aliphatic heterocycles. The molecule has 1 atom stereocenters. The molecule has 0 saturated carbocycles. The topological polar surface area (TPSA) is 50.2 Å². The molecule has 0 bridgehead atoms. The average Bonchev–Trinajstić information content (AvgIpc) is 3.10. The van der Waals surface area contributed by atoms with Crippen LogP contribution in [0.1, 0.15) is 22.9 Å². The molecule has 0 radical (unpaired) electrons. The van der Waals surface area contributed by atoms with Crippen LogP contribution in [-0.4, -0.2) is 27.0 Å². The second-order valence-corrected chi connectivity index (χ2v) is 6.30. The Morgan fingerprint density at radius 2 is 1.96 bits per heavy atom. The van der Waals surface area contributed by atoms with Crippen molar-refractivity contribution >= 4 is 11.7 Å². The molecule has 0 spiro atoms. The van der Waals surface area contributed by atoms with Crippen LogP contribution in [0.2, 0.25) is 0 Å². The van der Waals surface area contributed by atoms with E-state index >= 15 is 0 Å². The molecule has 2 amide bonds. The summed E-state index contributed by atoms with van der Waals surface area (Å²) in [7, 11) is 0. The van der Waals surface area contributed by atoms with Crippen molar-refractivity contribution in [3.63, 3.8) is 0 Å². The third-order valence-corrected chi connectivity index (χ3v) is 4.59. The minimum Gasteiger partial charge on any atom is -0.348 e. The van der Waals surface area contributed by atoms with Crippen molar-refractivity contribution in [3.05, 3.63) is 83.9 Å². The second kappa shape index (κ2) is 6.43. The zero-order valence-electron chi connectivity index (χ0n) is 14.1. The molecule has 3 heterocycles. The first-order valence-corrected chi connectivity index (χ1v) is 8.41. The van der Waals surface area contributed by atoms with Crippen LogP contribution in [0.5, 0.6) is 0 Å². The lowest BCUT2D eigenvalue weighted by Gasteiger charge is -2.37. The Hall–Kier alpha value is -3.08. The highest BCUT2D eigenvalue weighted by atomic mass is 16.2. The van der Waals surface area contributed by atoms with Crippen LogP contribution in [0.25, 0.3) is 0 Å². The number of urea groups is 1. The van der Waals surface area contributed by atoms with E-state index in [4.69, 9.17) is 0 Å². The van der Waals surface area contributed by atoms with E-state index < -0.39 is 0 Å². The third kappa shape index (κ3) is 3.01. The average molecular weight is 332 g/mol. The van der Waals surface area contributed by atoms with Crippen molar-refractivity contribution in [2.45, 2.75) is 19.5 Å². The first-order chi connectivity index (χ1) is 12.2. The molecular formula is C20H20N4O. The Bertz CT molecular complexity index is 887. The van der Waals surface area contributed by atoms with E-state index in [0.29, 0.717) is 6.54 Å². The van der Waals surface area contributed by atoms with E-state index in [-0.39, 0.29) is 12.1 Å². The van der Waals surface area contributed by atoms with Gasteiger partial charge in [0.2, 0.25) is 0 Å². The number of anilines is 1. The predicted octanol–water partition coefficient (Wildman–Crippen LogP) is 3.83. The molecule has 4 rings (SSSR count). The highest BCUT2D eigenvalue weighted by Gasteiger charge is 2.32. The van der Waals surface area contributed by atoms with Crippen LogP contribution < -0.4 is 5.32 Å². The first kappa shape index (κ1) is 15.4. The lowest BCUT2D eigenvalue weighted by molar-refractivity contribution is 0.182. The molecule has 1 N–H and O–H groups in total. The van der Waals surface area contributed by atoms with E-state index in [0.717, 1.165) is 29.1 Å². The van der Waals surface area contributed by atoms with Crippen LogP contribution >= 0.6 is 0 Å². The molecule has 0 unspecified atom stereocenters. The van der Waals surface area contributed by atoms with Gasteiger partial charge >= 0.3 is 6.03 Å². The summed E-state index contributed by atoms with van der Waals surface area (Å²) in [5.41, 5.74) is 4.13. The number of benzene rings is 1. The fourth-order valence-corrected chi connectivity index (χ4v) is 3.42. The summed E-state index contributed by atoms with van der Waals surface area (Å²) in [6.07, 6.45) is 5.61. The van der Waals surface area contributed by atoms with Crippen molar-refractivity contribution in [1.29, 1.82) is 0 Å². The number of fused-ring (bicyclic) bond motifs is 1. The second-order valence-electron chi connectivity index (χ2n) is 6.30. The molecule has 0 saturated heterocycles. The predicted molar refractivity (Wildman–Crippen MR) is 97.4 cm³/mol. The van der Waals surface area contributed by atoms with Crippen LogP contribution in [-0.2, 0) is 6.54 Å².